The highest BCUT2D eigenvalue weighted by atomic mass is 35.5. The van der Waals surface area contributed by atoms with Gasteiger partial charge in [-0.1, -0.05) is 41.9 Å². The number of nitrogens with one attached hydrogen (secondary N) is 1. The average molecular weight is 318 g/mol. The SMILES string of the molecule is COc1cccc([C@@H](C)NC(=O)CCc2ccccc2Cl)c1. The summed E-state index contributed by atoms with van der Waals surface area (Å²) in [7, 11) is 1.63. The van der Waals surface area contributed by atoms with Crippen molar-refractivity contribution in [1.82, 2.24) is 5.32 Å². The number of benzene rings is 2. The molecule has 0 fully saturated rings. The molecule has 0 saturated carbocycles. The van der Waals surface area contributed by atoms with E-state index in [1.165, 1.54) is 0 Å². The molecule has 1 N–H and O–H groups in total. The van der Waals surface area contributed by atoms with Crippen LogP contribution in [0.4, 0.5) is 0 Å². The Balaban J connectivity index is 1.90. The summed E-state index contributed by atoms with van der Waals surface area (Å²) in [5, 5.41) is 3.70. The van der Waals surface area contributed by atoms with Crippen LogP contribution in [-0.2, 0) is 11.2 Å². The Labute approximate surface area is 136 Å². The first-order chi connectivity index (χ1) is 10.6. The Morgan fingerprint density at radius 3 is 2.73 bits per heavy atom. The van der Waals surface area contributed by atoms with Crippen LogP contribution >= 0.6 is 11.6 Å². The monoisotopic (exact) mass is 317 g/mol. The maximum absolute atomic E-state index is 12.1. The molecule has 0 unspecified atom stereocenters. The fourth-order valence-corrected chi connectivity index (χ4v) is 2.49. The molecule has 0 aliphatic heterocycles. The van der Waals surface area contributed by atoms with Crippen molar-refractivity contribution in [2.24, 2.45) is 0 Å². The van der Waals surface area contributed by atoms with Gasteiger partial charge in [-0.15, -0.1) is 0 Å². The Morgan fingerprint density at radius 2 is 2.00 bits per heavy atom. The molecule has 3 nitrogen and oxygen atoms in total. The molecule has 1 atom stereocenters. The van der Waals surface area contributed by atoms with Crippen LogP contribution in [0.5, 0.6) is 5.75 Å². The van der Waals surface area contributed by atoms with Gasteiger partial charge in [0.2, 0.25) is 5.91 Å². The predicted octanol–water partition coefficient (Wildman–Crippen LogP) is 4.16. The van der Waals surface area contributed by atoms with Gasteiger partial charge < -0.3 is 10.1 Å². The predicted molar refractivity (Wildman–Crippen MR) is 89.3 cm³/mol. The van der Waals surface area contributed by atoms with Crippen molar-refractivity contribution in [2.75, 3.05) is 7.11 Å². The lowest BCUT2D eigenvalue weighted by molar-refractivity contribution is -0.121. The van der Waals surface area contributed by atoms with Gasteiger partial charge in [-0.25, -0.2) is 0 Å². The Hall–Kier alpha value is -2.00. The van der Waals surface area contributed by atoms with E-state index in [9.17, 15) is 4.79 Å². The quantitative estimate of drug-likeness (QED) is 0.868. The summed E-state index contributed by atoms with van der Waals surface area (Å²) in [4.78, 5) is 12.1. The lowest BCUT2D eigenvalue weighted by atomic mass is 10.1. The minimum Gasteiger partial charge on any atom is -0.497 e. The van der Waals surface area contributed by atoms with E-state index < -0.39 is 0 Å². The molecular formula is C18H20ClNO2. The van der Waals surface area contributed by atoms with Crippen molar-refractivity contribution in [1.29, 1.82) is 0 Å². The largest absolute Gasteiger partial charge is 0.497 e. The molecule has 0 heterocycles. The second-order valence-electron chi connectivity index (χ2n) is 5.16. The maximum Gasteiger partial charge on any atom is 0.220 e. The van der Waals surface area contributed by atoms with Gasteiger partial charge in [-0.2, -0.15) is 0 Å². The molecule has 0 bridgehead atoms. The molecule has 116 valence electrons. The van der Waals surface area contributed by atoms with Crippen LogP contribution in [0.2, 0.25) is 5.02 Å². The normalized spacial score (nSPS) is 11.8. The van der Waals surface area contributed by atoms with E-state index in [1.807, 2.05) is 55.5 Å². The summed E-state index contributed by atoms with van der Waals surface area (Å²) >= 11 is 6.10. The van der Waals surface area contributed by atoms with Crippen LogP contribution in [0.15, 0.2) is 48.5 Å². The number of hydrogen-bond acceptors (Lipinski definition) is 2. The van der Waals surface area contributed by atoms with Crippen LogP contribution in [0.3, 0.4) is 0 Å². The highest BCUT2D eigenvalue weighted by Crippen LogP contribution is 2.19. The smallest absolute Gasteiger partial charge is 0.220 e. The van der Waals surface area contributed by atoms with Crippen molar-refractivity contribution in [2.45, 2.75) is 25.8 Å². The molecule has 22 heavy (non-hydrogen) atoms. The van der Waals surface area contributed by atoms with Crippen molar-refractivity contribution in [3.63, 3.8) is 0 Å². The topological polar surface area (TPSA) is 38.3 Å². The summed E-state index contributed by atoms with van der Waals surface area (Å²) in [6.07, 6.45) is 1.05. The molecule has 0 saturated heterocycles. The molecule has 2 rings (SSSR count). The second-order valence-corrected chi connectivity index (χ2v) is 5.56. The first kappa shape index (κ1) is 16.4. The van der Waals surface area contributed by atoms with Gasteiger partial charge in [0.05, 0.1) is 13.2 Å². The van der Waals surface area contributed by atoms with Gasteiger partial charge in [0.1, 0.15) is 5.75 Å². The molecule has 0 aliphatic rings. The highest BCUT2D eigenvalue weighted by molar-refractivity contribution is 6.31. The number of halogens is 1. The van der Waals surface area contributed by atoms with E-state index in [-0.39, 0.29) is 11.9 Å². The zero-order valence-corrected chi connectivity index (χ0v) is 13.6. The van der Waals surface area contributed by atoms with Crippen molar-refractivity contribution in [3.8, 4) is 5.75 Å². The van der Waals surface area contributed by atoms with E-state index in [0.717, 1.165) is 16.9 Å². The summed E-state index contributed by atoms with van der Waals surface area (Å²) in [6.45, 7) is 1.96. The number of rotatable bonds is 6. The number of amides is 1. The molecule has 0 aliphatic carbocycles. The van der Waals surface area contributed by atoms with Crippen molar-refractivity contribution in [3.05, 3.63) is 64.7 Å². The van der Waals surface area contributed by atoms with E-state index in [1.54, 1.807) is 7.11 Å². The molecule has 2 aromatic carbocycles. The number of carbonyl (C=O) groups is 1. The van der Waals surface area contributed by atoms with Gasteiger partial charge in [0.25, 0.3) is 0 Å². The van der Waals surface area contributed by atoms with Crippen LogP contribution in [0.1, 0.15) is 30.5 Å². The first-order valence-electron chi connectivity index (χ1n) is 7.27. The van der Waals surface area contributed by atoms with E-state index in [2.05, 4.69) is 5.32 Å². The van der Waals surface area contributed by atoms with E-state index >= 15 is 0 Å². The minimum absolute atomic E-state index is 0.00948. The molecule has 0 spiro atoms. The fraction of sp³-hybridized carbons (Fsp3) is 0.278. The van der Waals surface area contributed by atoms with Gasteiger partial charge in [-0.3, -0.25) is 4.79 Å². The third kappa shape index (κ3) is 4.50. The lowest BCUT2D eigenvalue weighted by Gasteiger charge is -2.15. The Morgan fingerprint density at radius 1 is 1.23 bits per heavy atom. The number of carbonyl (C=O) groups excluding carboxylic acids is 1. The third-order valence-corrected chi connectivity index (χ3v) is 3.92. The summed E-state index contributed by atoms with van der Waals surface area (Å²) in [6, 6.07) is 15.2. The molecule has 4 heteroatoms. The average Bonchev–Trinajstić information content (AvgIpc) is 2.54. The number of methoxy groups -OCH3 is 1. The standard InChI is InChI=1S/C18H20ClNO2/c1-13(15-7-5-8-16(12-15)22-2)20-18(21)11-10-14-6-3-4-9-17(14)19/h3-9,12-13H,10-11H2,1-2H3,(H,20,21)/t13-/m1/s1. The molecular weight excluding hydrogens is 298 g/mol. The fourth-order valence-electron chi connectivity index (χ4n) is 2.26. The van der Waals surface area contributed by atoms with Crippen LogP contribution < -0.4 is 10.1 Å². The summed E-state index contributed by atoms with van der Waals surface area (Å²) in [5.41, 5.74) is 2.01. The number of hydrogen-bond donors (Lipinski definition) is 1. The second kappa shape index (κ2) is 7.85. The third-order valence-electron chi connectivity index (χ3n) is 3.55. The maximum atomic E-state index is 12.1. The Bertz CT molecular complexity index is 642. The minimum atomic E-state index is -0.0613. The zero-order chi connectivity index (χ0) is 15.9. The first-order valence-corrected chi connectivity index (χ1v) is 7.64. The number of ether oxygens (including phenoxy) is 1. The van der Waals surface area contributed by atoms with E-state index in [4.69, 9.17) is 16.3 Å². The summed E-state index contributed by atoms with van der Waals surface area (Å²) in [5.74, 6) is 0.796. The van der Waals surface area contributed by atoms with Crippen molar-refractivity contribution >= 4 is 17.5 Å². The molecule has 2 aromatic rings. The van der Waals surface area contributed by atoms with Crippen LogP contribution in [0, 0.1) is 0 Å². The number of aryl methyl sites for hydroxylation is 1. The molecule has 1 amide bonds. The highest BCUT2D eigenvalue weighted by Gasteiger charge is 2.11. The zero-order valence-electron chi connectivity index (χ0n) is 12.8. The Kier molecular flexibility index (Phi) is 5.84. The van der Waals surface area contributed by atoms with Crippen molar-refractivity contribution < 1.29 is 9.53 Å². The molecule has 0 aromatic heterocycles. The van der Waals surface area contributed by atoms with Crippen LogP contribution in [0.25, 0.3) is 0 Å². The van der Waals surface area contributed by atoms with Gasteiger partial charge in [0.15, 0.2) is 0 Å². The van der Waals surface area contributed by atoms with Crippen LogP contribution in [-0.4, -0.2) is 13.0 Å². The molecule has 0 radical (unpaired) electrons. The lowest BCUT2D eigenvalue weighted by Crippen LogP contribution is -2.26. The van der Waals surface area contributed by atoms with Gasteiger partial charge >= 0.3 is 0 Å². The van der Waals surface area contributed by atoms with Gasteiger partial charge in [0, 0.05) is 11.4 Å². The van der Waals surface area contributed by atoms with Gasteiger partial charge in [-0.05, 0) is 42.7 Å². The summed E-state index contributed by atoms with van der Waals surface area (Å²) < 4.78 is 5.20. The van der Waals surface area contributed by atoms with E-state index in [0.29, 0.717) is 17.9 Å².